The van der Waals surface area contributed by atoms with Gasteiger partial charge in [0.25, 0.3) is 0 Å². The molecular formula is C32H37F3O4. The van der Waals surface area contributed by atoms with E-state index in [0.29, 0.717) is 12.0 Å². The van der Waals surface area contributed by atoms with Crippen molar-refractivity contribution in [3.63, 3.8) is 0 Å². The van der Waals surface area contributed by atoms with Gasteiger partial charge in [-0.3, -0.25) is 14.4 Å². The van der Waals surface area contributed by atoms with E-state index in [1.54, 1.807) is 0 Å². The molecule has 3 atom stereocenters. The van der Waals surface area contributed by atoms with Crippen molar-refractivity contribution in [3.8, 4) is 0 Å². The van der Waals surface area contributed by atoms with Crippen LogP contribution in [0.5, 0.6) is 0 Å². The Kier molecular flexibility index (Phi) is 8.35. The van der Waals surface area contributed by atoms with Crippen LogP contribution in [0.25, 0.3) is 0 Å². The molecule has 3 rings (SSSR count). The van der Waals surface area contributed by atoms with Crippen molar-refractivity contribution in [3.05, 3.63) is 83.7 Å². The highest BCUT2D eigenvalue weighted by Crippen LogP contribution is 2.66. The quantitative estimate of drug-likeness (QED) is 0.187. The third-order valence-corrected chi connectivity index (χ3v) is 8.80. The number of alkyl halides is 3. The van der Waals surface area contributed by atoms with Gasteiger partial charge in [0.1, 0.15) is 11.3 Å². The Morgan fingerprint density at radius 1 is 1.08 bits per heavy atom. The largest absolute Gasteiger partial charge is 0.510 e. The number of allylic oxidation sites excluding steroid dienone is 6. The van der Waals surface area contributed by atoms with Crippen LogP contribution in [0, 0.1) is 22.2 Å². The van der Waals surface area contributed by atoms with Crippen molar-refractivity contribution < 1.29 is 32.7 Å². The first-order valence-electron chi connectivity index (χ1n) is 13.2. The molecule has 2 aliphatic rings. The second-order valence-electron chi connectivity index (χ2n) is 11.6. The number of ketones is 3. The molecule has 0 aliphatic heterocycles. The molecule has 1 aromatic carbocycles. The average molecular weight is 543 g/mol. The minimum Gasteiger partial charge on any atom is -0.510 e. The van der Waals surface area contributed by atoms with Crippen LogP contribution in [0.3, 0.4) is 0 Å². The van der Waals surface area contributed by atoms with Crippen LogP contribution in [-0.2, 0) is 27.0 Å². The predicted molar refractivity (Wildman–Crippen MR) is 145 cm³/mol. The number of aliphatic hydroxyl groups is 1. The predicted octanol–water partition coefficient (Wildman–Crippen LogP) is 7.70. The molecule has 7 heteroatoms. The standard InChI is InChI=1S/C32H37F3O4/c1-7-17-30-19-23(13-9-20(3)4)29(5,6)31(18-8-2,28(30)39)27(38)25(26(30)37)24(36)16-12-21-10-14-22(15-11-21)32(33,34)35/h7-11,14-15,23,38H,1-2,12-13,16-19H2,3-6H3/t23-,30-,31+/m1/s1. The lowest BCUT2D eigenvalue weighted by Crippen LogP contribution is -2.66. The van der Waals surface area contributed by atoms with Crippen LogP contribution in [0.15, 0.2) is 72.6 Å². The Morgan fingerprint density at radius 3 is 2.18 bits per heavy atom. The van der Waals surface area contributed by atoms with Crippen molar-refractivity contribution in [2.45, 2.75) is 72.4 Å². The summed E-state index contributed by atoms with van der Waals surface area (Å²) in [5.41, 5.74) is -3.48. The second-order valence-corrected chi connectivity index (χ2v) is 11.6. The van der Waals surface area contributed by atoms with E-state index in [2.05, 4.69) is 19.2 Å². The lowest BCUT2D eigenvalue weighted by molar-refractivity contribution is -0.169. The molecule has 1 fully saturated rings. The highest BCUT2D eigenvalue weighted by Gasteiger charge is 2.71. The second kappa shape index (κ2) is 10.7. The molecule has 210 valence electrons. The van der Waals surface area contributed by atoms with Crippen molar-refractivity contribution in [1.29, 1.82) is 0 Å². The number of aryl methyl sites for hydroxylation is 1. The van der Waals surface area contributed by atoms with E-state index < -0.39 is 51.1 Å². The third-order valence-electron chi connectivity index (χ3n) is 8.80. The molecule has 0 saturated heterocycles. The molecular weight excluding hydrogens is 505 g/mol. The number of carbonyl (C=O) groups is 3. The van der Waals surface area contributed by atoms with Gasteiger partial charge in [-0.05, 0) is 75.0 Å². The summed E-state index contributed by atoms with van der Waals surface area (Å²) in [7, 11) is 0. The lowest BCUT2D eigenvalue weighted by Gasteiger charge is -2.60. The van der Waals surface area contributed by atoms with Gasteiger partial charge in [0, 0.05) is 6.42 Å². The van der Waals surface area contributed by atoms with Gasteiger partial charge >= 0.3 is 6.18 Å². The molecule has 0 heterocycles. The van der Waals surface area contributed by atoms with Crippen LogP contribution in [-0.4, -0.2) is 22.5 Å². The molecule has 1 N–H and O–H groups in total. The summed E-state index contributed by atoms with van der Waals surface area (Å²) in [6.45, 7) is 15.3. The normalized spacial score (nSPS) is 26.3. The minimum absolute atomic E-state index is 0.0356. The minimum atomic E-state index is -4.47. The Labute approximate surface area is 228 Å². The summed E-state index contributed by atoms with van der Waals surface area (Å²) in [6.07, 6.45) is 1.40. The fourth-order valence-electron chi connectivity index (χ4n) is 6.43. The van der Waals surface area contributed by atoms with E-state index in [4.69, 9.17) is 0 Å². The van der Waals surface area contributed by atoms with Gasteiger partial charge in [-0.25, -0.2) is 0 Å². The van der Waals surface area contributed by atoms with Gasteiger partial charge in [0.15, 0.2) is 17.3 Å². The zero-order valence-corrected chi connectivity index (χ0v) is 23.1. The monoisotopic (exact) mass is 542 g/mol. The molecule has 0 spiro atoms. The fraction of sp³-hybridized carbons (Fsp3) is 0.469. The number of benzene rings is 1. The van der Waals surface area contributed by atoms with E-state index >= 15 is 0 Å². The van der Waals surface area contributed by atoms with Gasteiger partial charge < -0.3 is 5.11 Å². The van der Waals surface area contributed by atoms with Gasteiger partial charge in [0.2, 0.25) is 0 Å². The molecule has 0 radical (unpaired) electrons. The van der Waals surface area contributed by atoms with E-state index in [9.17, 15) is 32.7 Å². The first-order valence-corrected chi connectivity index (χ1v) is 13.2. The fourth-order valence-corrected chi connectivity index (χ4v) is 6.43. The van der Waals surface area contributed by atoms with E-state index in [-0.39, 0.29) is 43.6 Å². The van der Waals surface area contributed by atoms with Gasteiger partial charge in [-0.1, -0.05) is 49.8 Å². The van der Waals surface area contributed by atoms with Gasteiger partial charge in [-0.15, -0.1) is 13.2 Å². The summed E-state index contributed by atoms with van der Waals surface area (Å²) in [4.78, 5) is 41.9. The maximum atomic E-state index is 14.3. The van der Waals surface area contributed by atoms with E-state index in [1.807, 2.05) is 27.7 Å². The summed E-state index contributed by atoms with van der Waals surface area (Å²) >= 11 is 0. The van der Waals surface area contributed by atoms with Gasteiger partial charge in [-0.2, -0.15) is 13.2 Å². The number of halogens is 3. The highest BCUT2D eigenvalue weighted by molar-refractivity contribution is 6.31. The maximum absolute atomic E-state index is 14.3. The Morgan fingerprint density at radius 2 is 1.67 bits per heavy atom. The summed E-state index contributed by atoms with van der Waals surface area (Å²) in [5.74, 6) is -2.40. The zero-order valence-electron chi connectivity index (χ0n) is 23.1. The molecule has 39 heavy (non-hydrogen) atoms. The topological polar surface area (TPSA) is 71.4 Å². The molecule has 0 unspecified atom stereocenters. The van der Waals surface area contributed by atoms with Crippen molar-refractivity contribution in [2.24, 2.45) is 22.2 Å². The summed E-state index contributed by atoms with van der Waals surface area (Å²) < 4.78 is 38.7. The third kappa shape index (κ3) is 4.96. The molecule has 1 aromatic rings. The van der Waals surface area contributed by atoms with Crippen LogP contribution >= 0.6 is 0 Å². The zero-order chi connectivity index (χ0) is 29.4. The molecule has 4 nitrogen and oxygen atoms in total. The molecule has 1 saturated carbocycles. The van der Waals surface area contributed by atoms with Gasteiger partial charge in [0.05, 0.1) is 16.4 Å². The van der Waals surface area contributed by atoms with Crippen LogP contribution in [0.1, 0.15) is 70.9 Å². The number of aliphatic hydroxyl groups excluding tert-OH is 1. The Bertz CT molecular complexity index is 1240. The van der Waals surface area contributed by atoms with Crippen molar-refractivity contribution in [2.75, 3.05) is 0 Å². The molecule has 0 aromatic heterocycles. The average Bonchev–Trinajstić information content (AvgIpc) is 2.85. The first kappa shape index (κ1) is 30.3. The number of Topliss-reactive ketones (excluding diaryl/α,β-unsaturated/α-hetero) is 3. The van der Waals surface area contributed by atoms with Crippen LogP contribution in [0.4, 0.5) is 13.2 Å². The number of fused-ring (bicyclic) bond motifs is 2. The van der Waals surface area contributed by atoms with E-state index in [0.717, 1.165) is 17.7 Å². The number of hydrogen-bond acceptors (Lipinski definition) is 4. The lowest BCUT2D eigenvalue weighted by atomic mass is 9.40. The Balaban J connectivity index is 2.11. The number of rotatable bonds is 10. The molecule has 2 aliphatic carbocycles. The SMILES string of the molecule is C=CC[C@]12C[C@@H](CC=C(C)C)C(C)(C)[C@](CC=C)(C1=O)C(O)=C(C(=O)CCc1ccc(C(F)(F)F)cc1)C2=O. The number of hydrogen-bond donors (Lipinski definition) is 1. The maximum Gasteiger partial charge on any atom is 0.416 e. The van der Waals surface area contributed by atoms with E-state index in [1.165, 1.54) is 24.3 Å². The highest BCUT2D eigenvalue weighted by atomic mass is 19.4. The number of carbonyl (C=O) groups excluding carboxylic acids is 3. The smallest absolute Gasteiger partial charge is 0.416 e. The van der Waals surface area contributed by atoms with Crippen LogP contribution in [0.2, 0.25) is 0 Å². The summed E-state index contributed by atoms with van der Waals surface area (Å²) in [6, 6.07) is 4.47. The summed E-state index contributed by atoms with van der Waals surface area (Å²) in [5, 5.41) is 11.7. The first-order chi connectivity index (χ1) is 18.1. The van der Waals surface area contributed by atoms with Crippen molar-refractivity contribution >= 4 is 17.3 Å². The Hall–Kier alpha value is -3.22. The van der Waals surface area contributed by atoms with Crippen molar-refractivity contribution in [1.82, 2.24) is 0 Å². The molecule has 0 amide bonds. The van der Waals surface area contributed by atoms with Crippen LogP contribution < -0.4 is 0 Å². The molecule has 2 bridgehead atoms.